The number of rotatable bonds is 12. The Labute approximate surface area is 252 Å². The quantitative estimate of drug-likeness (QED) is 0.115. The van der Waals surface area contributed by atoms with Gasteiger partial charge in [-0.3, -0.25) is 4.79 Å². The summed E-state index contributed by atoms with van der Waals surface area (Å²) in [6, 6.07) is 1.10. The van der Waals surface area contributed by atoms with Crippen molar-refractivity contribution in [3.63, 3.8) is 0 Å². The van der Waals surface area contributed by atoms with Crippen molar-refractivity contribution in [2.45, 2.75) is 109 Å². The number of aliphatic hydroxyl groups excluding tert-OH is 3. The SMILES string of the molecule is C=C(C)CC(OC)C(O)C(=O)N[C@H](OC)[C@@H]1CC(O)C(C)(C)C(C[C@H](O)[C@@H](C)[C@H]2Cc3c(C)c(O)cc(O)c3C(=O)O2)O1. The zero-order valence-corrected chi connectivity index (χ0v) is 26.0. The summed E-state index contributed by atoms with van der Waals surface area (Å²) < 4.78 is 22.7. The molecular formula is C31H47NO11. The summed E-state index contributed by atoms with van der Waals surface area (Å²) in [5.41, 5.74) is 0.851. The van der Waals surface area contributed by atoms with Crippen LogP contribution in [0, 0.1) is 18.3 Å². The van der Waals surface area contributed by atoms with Crippen molar-refractivity contribution in [2.24, 2.45) is 11.3 Å². The molecule has 0 aliphatic carbocycles. The molecule has 0 aromatic heterocycles. The van der Waals surface area contributed by atoms with E-state index in [4.69, 9.17) is 18.9 Å². The van der Waals surface area contributed by atoms with Crippen molar-refractivity contribution >= 4 is 11.9 Å². The summed E-state index contributed by atoms with van der Waals surface area (Å²) in [5, 5.41) is 56.0. The minimum absolute atomic E-state index is 0.00479. The smallest absolute Gasteiger partial charge is 0.342 e. The average molecular weight is 610 g/mol. The first-order chi connectivity index (χ1) is 20.0. The van der Waals surface area contributed by atoms with Gasteiger partial charge in [-0.05, 0) is 31.4 Å². The minimum Gasteiger partial charge on any atom is -0.508 e. The van der Waals surface area contributed by atoms with Gasteiger partial charge in [-0.2, -0.15) is 0 Å². The van der Waals surface area contributed by atoms with Gasteiger partial charge in [0.15, 0.2) is 12.3 Å². The molecule has 12 heteroatoms. The molecule has 3 rings (SSSR count). The molecule has 0 saturated carbocycles. The van der Waals surface area contributed by atoms with E-state index in [1.807, 2.05) is 13.8 Å². The van der Waals surface area contributed by atoms with Gasteiger partial charge < -0.3 is 49.8 Å². The number of benzene rings is 1. The number of amides is 1. The van der Waals surface area contributed by atoms with Crippen molar-refractivity contribution in [1.82, 2.24) is 5.32 Å². The first-order valence-corrected chi connectivity index (χ1v) is 14.5. The first-order valence-electron chi connectivity index (χ1n) is 14.5. The number of nitrogens with one attached hydrogen (secondary N) is 1. The van der Waals surface area contributed by atoms with Crippen LogP contribution >= 0.6 is 0 Å². The van der Waals surface area contributed by atoms with E-state index in [-0.39, 0.29) is 42.7 Å². The van der Waals surface area contributed by atoms with Crippen LogP contribution in [0.4, 0.5) is 0 Å². The molecule has 0 bridgehead atoms. The van der Waals surface area contributed by atoms with Crippen molar-refractivity contribution in [1.29, 1.82) is 0 Å². The zero-order chi connectivity index (χ0) is 32.4. The van der Waals surface area contributed by atoms with Crippen LogP contribution in [0.1, 0.15) is 68.4 Å². The maximum absolute atomic E-state index is 12.9. The Kier molecular flexibility index (Phi) is 11.2. The highest BCUT2D eigenvalue weighted by molar-refractivity contribution is 5.96. The van der Waals surface area contributed by atoms with E-state index in [2.05, 4.69) is 11.9 Å². The fourth-order valence-corrected chi connectivity index (χ4v) is 5.80. The second-order valence-electron chi connectivity index (χ2n) is 12.5. The Morgan fingerprint density at radius 2 is 1.84 bits per heavy atom. The summed E-state index contributed by atoms with van der Waals surface area (Å²) in [6.07, 6.45) is -6.89. The molecule has 1 amide bonds. The van der Waals surface area contributed by atoms with Crippen LogP contribution in [0.3, 0.4) is 0 Å². The predicted molar refractivity (Wildman–Crippen MR) is 155 cm³/mol. The number of ether oxygens (including phenoxy) is 4. The molecule has 0 radical (unpaired) electrons. The van der Waals surface area contributed by atoms with Crippen LogP contribution in [0.5, 0.6) is 11.5 Å². The molecule has 1 saturated heterocycles. The molecule has 1 aromatic rings. The Hall–Kier alpha value is -2.74. The lowest BCUT2D eigenvalue weighted by atomic mass is 9.73. The number of aromatic hydroxyl groups is 2. The average Bonchev–Trinajstić information content (AvgIpc) is 2.94. The van der Waals surface area contributed by atoms with E-state index in [0.29, 0.717) is 11.1 Å². The normalized spacial score (nSPS) is 26.8. The summed E-state index contributed by atoms with van der Waals surface area (Å²) >= 11 is 0. The lowest BCUT2D eigenvalue weighted by Gasteiger charge is -2.48. The zero-order valence-electron chi connectivity index (χ0n) is 26.0. The maximum Gasteiger partial charge on any atom is 0.342 e. The van der Waals surface area contributed by atoms with Crippen LogP contribution in [0.15, 0.2) is 18.2 Å². The molecule has 6 N–H and O–H groups in total. The number of methoxy groups -OCH3 is 2. The highest BCUT2D eigenvalue weighted by Gasteiger charge is 2.48. The molecule has 242 valence electrons. The van der Waals surface area contributed by atoms with Crippen molar-refractivity contribution in [2.75, 3.05) is 14.2 Å². The molecule has 2 aliphatic rings. The summed E-state index contributed by atoms with van der Waals surface area (Å²) in [6.45, 7) is 12.6. The van der Waals surface area contributed by atoms with Gasteiger partial charge in [-0.1, -0.05) is 26.3 Å². The fraction of sp³-hybridized carbons (Fsp3) is 0.677. The second kappa shape index (κ2) is 13.9. The van der Waals surface area contributed by atoms with E-state index < -0.39 is 72.2 Å². The lowest BCUT2D eigenvalue weighted by molar-refractivity contribution is -0.217. The van der Waals surface area contributed by atoms with Gasteiger partial charge in [-0.25, -0.2) is 4.79 Å². The van der Waals surface area contributed by atoms with E-state index >= 15 is 0 Å². The number of hydrogen-bond donors (Lipinski definition) is 6. The molecule has 43 heavy (non-hydrogen) atoms. The monoisotopic (exact) mass is 609 g/mol. The van der Waals surface area contributed by atoms with E-state index in [1.165, 1.54) is 14.2 Å². The third-order valence-corrected chi connectivity index (χ3v) is 9.02. The fourth-order valence-electron chi connectivity index (χ4n) is 5.80. The molecule has 2 heterocycles. The topological polar surface area (TPSA) is 184 Å². The number of aliphatic hydroxyl groups is 3. The number of cyclic esters (lactones) is 1. The van der Waals surface area contributed by atoms with Gasteiger partial charge in [0.1, 0.15) is 29.3 Å². The number of phenolic OH excluding ortho intramolecular Hbond substituents is 2. The molecule has 1 aromatic carbocycles. The van der Waals surface area contributed by atoms with Gasteiger partial charge in [0.2, 0.25) is 0 Å². The van der Waals surface area contributed by atoms with Crippen LogP contribution in [-0.2, 0) is 30.2 Å². The van der Waals surface area contributed by atoms with Gasteiger partial charge in [0, 0.05) is 50.9 Å². The molecule has 1 fully saturated rings. The largest absolute Gasteiger partial charge is 0.508 e. The Bertz CT molecular complexity index is 1180. The number of carbonyl (C=O) groups is 2. The lowest BCUT2D eigenvalue weighted by Crippen LogP contribution is -2.59. The van der Waals surface area contributed by atoms with E-state index in [0.717, 1.165) is 11.6 Å². The third kappa shape index (κ3) is 7.50. The number of phenols is 2. The summed E-state index contributed by atoms with van der Waals surface area (Å²) in [4.78, 5) is 25.6. The van der Waals surface area contributed by atoms with E-state index in [1.54, 1.807) is 20.8 Å². The highest BCUT2D eigenvalue weighted by atomic mass is 16.6. The number of fused-ring (bicyclic) bond motifs is 1. The molecule has 0 spiro atoms. The second-order valence-corrected chi connectivity index (χ2v) is 12.5. The van der Waals surface area contributed by atoms with Gasteiger partial charge in [0.05, 0.1) is 24.4 Å². The standard InChI is InChI=1S/C31H47NO11/c1-14(2)9-22(40-7)27(37)28(38)32-29(41-8)23-13-24(36)31(5,6)25(42-23)12-19(34)16(4)21-10-17-15(3)18(33)11-20(35)26(17)30(39)43-21/h11,16,19,21-25,27,29,33-37H,1,9-10,12-13H2,2-8H3,(H,32,38)/t16-,19+,21-,22?,23+,24?,25?,27?,29-/m1/s1. The maximum atomic E-state index is 12.9. The Balaban J connectivity index is 1.73. The van der Waals surface area contributed by atoms with Gasteiger partial charge >= 0.3 is 5.97 Å². The minimum atomic E-state index is -1.50. The first kappa shape index (κ1) is 34.7. The van der Waals surface area contributed by atoms with Crippen molar-refractivity contribution < 1.29 is 54.1 Å². The molecule has 2 aliphatic heterocycles. The van der Waals surface area contributed by atoms with Gasteiger partial charge in [-0.15, -0.1) is 6.58 Å². The number of carbonyl (C=O) groups excluding carboxylic acids is 2. The number of esters is 1. The third-order valence-electron chi connectivity index (χ3n) is 9.02. The predicted octanol–water partition coefficient (Wildman–Crippen LogP) is 1.85. The van der Waals surface area contributed by atoms with Crippen LogP contribution in [0.25, 0.3) is 0 Å². The van der Waals surface area contributed by atoms with Crippen LogP contribution in [-0.4, -0.2) is 101 Å². The summed E-state index contributed by atoms with van der Waals surface area (Å²) in [5.74, 6) is -2.57. The number of hydrogen-bond acceptors (Lipinski definition) is 11. The van der Waals surface area contributed by atoms with Gasteiger partial charge in [0.25, 0.3) is 5.91 Å². The Morgan fingerprint density at radius 1 is 1.19 bits per heavy atom. The van der Waals surface area contributed by atoms with Crippen molar-refractivity contribution in [3.05, 3.63) is 34.9 Å². The summed E-state index contributed by atoms with van der Waals surface area (Å²) in [7, 11) is 2.76. The van der Waals surface area contributed by atoms with Crippen LogP contribution in [0.2, 0.25) is 0 Å². The molecular weight excluding hydrogens is 562 g/mol. The highest BCUT2D eigenvalue weighted by Crippen LogP contribution is 2.42. The molecule has 9 atom stereocenters. The van der Waals surface area contributed by atoms with Crippen LogP contribution < -0.4 is 5.32 Å². The molecule has 12 nitrogen and oxygen atoms in total. The van der Waals surface area contributed by atoms with Crippen molar-refractivity contribution in [3.8, 4) is 11.5 Å². The Morgan fingerprint density at radius 3 is 2.42 bits per heavy atom. The van der Waals surface area contributed by atoms with E-state index in [9.17, 15) is 35.1 Å². The molecule has 4 unspecified atom stereocenters.